The summed E-state index contributed by atoms with van der Waals surface area (Å²) in [6, 6.07) is 1.66. The van der Waals surface area contributed by atoms with Crippen LogP contribution in [-0.4, -0.2) is 28.2 Å². The maximum absolute atomic E-state index is 11.9. The van der Waals surface area contributed by atoms with Crippen molar-refractivity contribution in [3.63, 3.8) is 0 Å². The first kappa shape index (κ1) is 13.4. The monoisotopic (exact) mass is 270 g/mol. The molecule has 2 rings (SSSR count). The molecule has 1 aliphatic rings. The van der Waals surface area contributed by atoms with Crippen molar-refractivity contribution in [2.45, 2.75) is 31.8 Å². The van der Waals surface area contributed by atoms with Crippen LogP contribution < -0.4 is 5.32 Å². The summed E-state index contributed by atoms with van der Waals surface area (Å²) in [7, 11) is 1.80. The van der Waals surface area contributed by atoms with Crippen LogP contribution >= 0.6 is 11.6 Å². The van der Waals surface area contributed by atoms with Crippen molar-refractivity contribution < 1.29 is 9.90 Å². The average molecular weight is 271 g/mol. The molecule has 5 heteroatoms. The highest BCUT2D eigenvalue weighted by atomic mass is 35.5. The van der Waals surface area contributed by atoms with Gasteiger partial charge < -0.3 is 15.0 Å². The molecule has 2 N–H and O–H groups in total. The molecule has 1 amide bonds. The molecule has 100 valence electrons. The third-order valence-corrected chi connectivity index (χ3v) is 3.72. The molecule has 1 aromatic rings. The molecule has 4 nitrogen and oxygen atoms in total. The summed E-state index contributed by atoms with van der Waals surface area (Å²) in [5.74, 6) is 0.276. The summed E-state index contributed by atoms with van der Waals surface area (Å²) in [4.78, 5) is 11.9. The third kappa shape index (κ3) is 3.27. The van der Waals surface area contributed by atoms with E-state index in [1.807, 2.05) is 0 Å². The van der Waals surface area contributed by atoms with E-state index in [4.69, 9.17) is 11.6 Å². The molecule has 2 unspecified atom stereocenters. The fraction of sp³-hybridized carbons (Fsp3) is 0.615. The molecule has 0 saturated heterocycles. The topological polar surface area (TPSA) is 54.3 Å². The van der Waals surface area contributed by atoms with Gasteiger partial charge in [-0.1, -0.05) is 18.0 Å². The van der Waals surface area contributed by atoms with E-state index in [0.29, 0.717) is 23.2 Å². The zero-order valence-electron chi connectivity index (χ0n) is 10.5. The predicted molar refractivity (Wildman–Crippen MR) is 70.7 cm³/mol. The third-order valence-electron chi connectivity index (χ3n) is 3.51. The van der Waals surface area contributed by atoms with Crippen LogP contribution in [0.3, 0.4) is 0 Å². The summed E-state index contributed by atoms with van der Waals surface area (Å²) >= 11 is 5.84. The number of aryl methyl sites for hydroxylation is 1. The number of amides is 1. The first-order chi connectivity index (χ1) is 8.56. The van der Waals surface area contributed by atoms with Crippen LogP contribution in [0.1, 0.15) is 36.2 Å². The Bertz CT molecular complexity index is 431. The molecule has 2 atom stereocenters. The molecule has 18 heavy (non-hydrogen) atoms. The number of carbonyl (C=O) groups is 1. The molecule has 1 saturated carbocycles. The SMILES string of the molecule is Cn1cc(Cl)cc1C(=O)NCC1CCCC(O)C1. The Morgan fingerprint density at radius 2 is 2.39 bits per heavy atom. The number of halogens is 1. The second-order valence-corrected chi connectivity index (χ2v) is 5.49. The summed E-state index contributed by atoms with van der Waals surface area (Å²) in [6.07, 6.45) is 5.29. The van der Waals surface area contributed by atoms with E-state index in [1.54, 1.807) is 23.9 Å². The Balaban J connectivity index is 1.86. The number of nitrogens with zero attached hydrogens (tertiary/aromatic N) is 1. The minimum absolute atomic E-state index is 0.107. The average Bonchev–Trinajstić information content (AvgIpc) is 2.66. The first-order valence-corrected chi connectivity index (χ1v) is 6.72. The minimum Gasteiger partial charge on any atom is -0.393 e. The molecule has 0 aliphatic heterocycles. The number of aliphatic hydroxyl groups is 1. The molecule has 0 bridgehead atoms. The standard InChI is InChI=1S/C13H19ClN2O2/c1-16-8-10(14)6-12(16)13(18)15-7-9-3-2-4-11(17)5-9/h6,8-9,11,17H,2-5,7H2,1H3,(H,15,18). The van der Waals surface area contributed by atoms with Gasteiger partial charge in [-0.15, -0.1) is 0 Å². The molecule has 1 aliphatic carbocycles. The van der Waals surface area contributed by atoms with Crippen LogP contribution in [0.15, 0.2) is 12.3 Å². The quantitative estimate of drug-likeness (QED) is 0.882. The Morgan fingerprint density at radius 1 is 1.61 bits per heavy atom. The zero-order valence-corrected chi connectivity index (χ0v) is 11.3. The van der Waals surface area contributed by atoms with Gasteiger partial charge >= 0.3 is 0 Å². The van der Waals surface area contributed by atoms with Gasteiger partial charge in [0.2, 0.25) is 0 Å². The van der Waals surface area contributed by atoms with Gasteiger partial charge in [-0.3, -0.25) is 4.79 Å². The van der Waals surface area contributed by atoms with E-state index in [9.17, 15) is 9.90 Å². The minimum atomic E-state index is -0.204. The van der Waals surface area contributed by atoms with Crippen molar-refractivity contribution in [2.75, 3.05) is 6.54 Å². The van der Waals surface area contributed by atoms with Gasteiger partial charge in [0, 0.05) is 19.8 Å². The Hall–Kier alpha value is -1.00. The summed E-state index contributed by atoms with van der Waals surface area (Å²) in [5.41, 5.74) is 0.566. The van der Waals surface area contributed by atoms with Gasteiger partial charge in [0.1, 0.15) is 5.69 Å². The zero-order chi connectivity index (χ0) is 13.1. The van der Waals surface area contributed by atoms with Crippen LogP contribution in [0, 0.1) is 5.92 Å². The Kier molecular flexibility index (Phi) is 4.30. The van der Waals surface area contributed by atoms with Crippen LogP contribution in [0.5, 0.6) is 0 Å². The molecule has 0 aromatic carbocycles. The lowest BCUT2D eigenvalue weighted by molar-refractivity contribution is 0.0868. The van der Waals surface area contributed by atoms with Crippen molar-refractivity contribution in [3.8, 4) is 0 Å². The van der Waals surface area contributed by atoms with Crippen LogP contribution in [0.2, 0.25) is 5.02 Å². The lowest BCUT2D eigenvalue weighted by Crippen LogP contribution is -2.33. The summed E-state index contributed by atoms with van der Waals surface area (Å²) < 4.78 is 1.72. The van der Waals surface area contributed by atoms with E-state index in [0.717, 1.165) is 25.7 Å². The molecule has 1 fully saturated rings. The number of aliphatic hydroxyl groups excluding tert-OH is 1. The van der Waals surface area contributed by atoms with Crippen LogP contribution in [-0.2, 0) is 7.05 Å². The van der Waals surface area contributed by atoms with Gasteiger partial charge in [-0.05, 0) is 31.2 Å². The Morgan fingerprint density at radius 3 is 3.00 bits per heavy atom. The fourth-order valence-corrected chi connectivity index (χ4v) is 2.78. The van der Waals surface area contributed by atoms with Gasteiger partial charge in [0.15, 0.2) is 0 Å². The van der Waals surface area contributed by atoms with Crippen molar-refractivity contribution in [2.24, 2.45) is 13.0 Å². The first-order valence-electron chi connectivity index (χ1n) is 6.34. The lowest BCUT2D eigenvalue weighted by Gasteiger charge is -2.25. The largest absolute Gasteiger partial charge is 0.393 e. The number of nitrogens with one attached hydrogen (secondary N) is 1. The lowest BCUT2D eigenvalue weighted by atomic mass is 9.87. The number of aromatic nitrogens is 1. The van der Waals surface area contributed by atoms with E-state index in [-0.39, 0.29) is 12.0 Å². The van der Waals surface area contributed by atoms with E-state index >= 15 is 0 Å². The second-order valence-electron chi connectivity index (χ2n) is 5.05. The maximum atomic E-state index is 11.9. The highest BCUT2D eigenvalue weighted by Gasteiger charge is 2.21. The van der Waals surface area contributed by atoms with E-state index < -0.39 is 0 Å². The van der Waals surface area contributed by atoms with Crippen molar-refractivity contribution in [3.05, 3.63) is 23.0 Å². The summed E-state index contributed by atoms with van der Waals surface area (Å²) in [6.45, 7) is 0.624. The summed E-state index contributed by atoms with van der Waals surface area (Å²) in [5, 5.41) is 13.1. The Labute approximate surface area is 112 Å². The fourth-order valence-electron chi connectivity index (χ4n) is 2.53. The number of hydrogen-bond donors (Lipinski definition) is 2. The van der Waals surface area contributed by atoms with Gasteiger partial charge in [-0.2, -0.15) is 0 Å². The molecule has 0 spiro atoms. The molecular weight excluding hydrogens is 252 g/mol. The van der Waals surface area contributed by atoms with Crippen molar-refractivity contribution in [1.82, 2.24) is 9.88 Å². The maximum Gasteiger partial charge on any atom is 0.267 e. The van der Waals surface area contributed by atoms with Crippen LogP contribution in [0.25, 0.3) is 0 Å². The van der Waals surface area contributed by atoms with E-state index in [1.165, 1.54) is 0 Å². The molecule has 0 radical (unpaired) electrons. The van der Waals surface area contributed by atoms with Crippen LogP contribution in [0.4, 0.5) is 0 Å². The predicted octanol–water partition coefficient (Wildman–Crippen LogP) is 1.96. The smallest absolute Gasteiger partial charge is 0.267 e. The molecule has 1 heterocycles. The second kappa shape index (κ2) is 5.76. The van der Waals surface area contributed by atoms with Crippen molar-refractivity contribution in [1.29, 1.82) is 0 Å². The molecule has 1 aromatic heterocycles. The number of rotatable bonds is 3. The van der Waals surface area contributed by atoms with E-state index in [2.05, 4.69) is 5.32 Å². The number of carbonyl (C=O) groups excluding carboxylic acids is 1. The van der Waals surface area contributed by atoms with Gasteiger partial charge in [0.05, 0.1) is 11.1 Å². The molecular formula is C13H19ClN2O2. The van der Waals surface area contributed by atoms with Crippen molar-refractivity contribution >= 4 is 17.5 Å². The normalized spacial score (nSPS) is 23.9. The number of hydrogen-bond acceptors (Lipinski definition) is 2. The van der Waals surface area contributed by atoms with Gasteiger partial charge in [0.25, 0.3) is 5.91 Å². The van der Waals surface area contributed by atoms with Gasteiger partial charge in [-0.25, -0.2) is 0 Å². The highest BCUT2D eigenvalue weighted by Crippen LogP contribution is 2.23. The highest BCUT2D eigenvalue weighted by molar-refractivity contribution is 6.31.